The van der Waals surface area contributed by atoms with Crippen molar-refractivity contribution in [1.82, 2.24) is 4.98 Å². The quantitative estimate of drug-likeness (QED) is 0.306. The van der Waals surface area contributed by atoms with Gasteiger partial charge in [0.2, 0.25) is 0 Å². The van der Waals surface area contributed by atoms with E-state index in [1.165, 1.54) is 16.5 Å². The number of hydrogen-bond donors (Lipinski definition) is 1. The van der Waals surface area contributed by atoms with Crippen molar-refractivity contribution in [3.05, 3.63) is 84.4 Å². The van der Waals surface area contributed by atoms with Crippen LogP contribution in [0.25, 0.3) is 33.3 Å². The Morgan fingerprint density at radius 3 is 2.07 bits per heavy atom. The number of rotatable bonds is 8. The van der Waals surface area contributed by atoms with Crippen LogP contribution in [0.15, 0.2) is 78.9 Å². The zero-order valence-electron chi connectivity index (χ0n) is 17.3. The first kappa shape index (κ1) is 20.6. The number of para-hydroxylation sites is 1. The van der Waals surface area contributed by atoms with E-state index in [1.807, 2.05) is 38.1 Å². The summed E-state index contributed by atoms with van der Waals surface area (Å²) >= 11 is 0. The third-order valence-corrected chi connectivity index (χ3v) is 7.09. The molecule has 4 nitrogen and oxygen atoms in total. The monoisotopic (exact) mass is 419 g/mol. The molecule has 0 aliphatic heterocycles. The minimum Gasteiger partial charge on any atom is -0.354 e. The lowest BCUT2D eigenvalue weighted by molar-refractivity contribution is 0.219. The molecule has 0 amide bonds. The Morgan fingerprint density at radius 2 is 1.40 bits per heavy atom. The Labute approximate surface area is 177 Å². The van der Waals surface area contributed by atoms with Crippen molar-refractivity contribution in [1.29, 1.82) is 0 Å². The molecule has 154 valence electrons. The van der Waals surface area contributed by atoms with Gasteiger partial charge in [-0.3, -0.25) is 4.57 Å². The Balaban J connectivity index is 1.72. The van der Waals surface area contributed by atoms with E-state index in [9.17, 15) is 4.57 Å². The molecular weight excluding hydrogens is 393 g/mol. The maximum atomic E-state index is 12.8. The van der Waals surface area contributed by atoms with Crippen LogP contribution in [-0.2, 0) is 19.8 Å². The van der Waals surface area contributed by atoms with Crippen molar-refractivity contribution < 1.29 is 13.6 Å². The molecule has 0 saturated carbocycles. The molecule has 0 bridgehead atoms. The fourth-order valence-corrected chi connectivity index (χ4v) is 5.49. The number of aromatic nitrogens is 1. The standard InChI is InChI=1S/C25H26NO3P/c1-3-28-30(27,29-4-2)18-19-14-16-21(17-15-19)25-24(20-10-6-5-7-11-20)22-12-8-9-13-23(22)26-25/h5-17,26H,3-4,18H2,1-2H3. The van der Waals surface area contributed by atoms with Gasteiger partial charge in [0.05, 0.1) is 25.1 Å². The van der Waals surface area contributed by atoms with Crippen molar-refractivity contribution in [2.75, 3.05) is 13.2 Å². The molecule has 0 radical (unpaired) electrons. The zero-order valence-corrected chi connectivity index (χ0v) is 18.2. The third-order valence-electron chi connectivity index (χ3n) is 5.04. The highest BCUT2D eigenvalue weighted by Crippen LogP contribution is 2.51. The highest BCUT2D eigenvalue weighted by Gasteiger charge is 2.24. The summed E-state index contributed by atoms with van der Waals surface area (Å²) in [6.45, 7) is 4.39. The molecule has 0 aliphatic carbocycles. The number of fused-ring (bicyclic) bond motifs is 1. The maximum Gasteiger partial charge on any atom is 0.335 e. The van der Waals surface area contributed by atoms with Crippen molar-refractivity contribution in [2.24, 2.45) is 0 Å². The van der Waals surface area contributed by atoms with Crippen LogP contribution >= 0.6 is 7.60 Å². The molecule has 0 saturated heterocycles. The molecule has 1 N–H and O–H groups in total. The first-order valence-corrected chi connectivity index (χ1v) is 12.0. The van der Waals surface area contributed by atoms with E-state index in [0.717, 1.165) is 22.3 Å². The maximum absolute atomic E-state index is 12.8. The Kier molecular flexibility index (Phi) is 6.19. The van der Waals surface area contributed by atoms with Crippen molar-refractivity contribution in [3.8, 4) is 22.4 Å². The minimum atomic E-state index is -3.12. The van der Waals surface area contributed by atoms with Crippen molar-refractivity contribution >= 4 is 18.5 Å². The van der Waals surface area contributed by atoms with Gasteiger partial charge in [0.25, 0.3) is 0 Å². The average Bonchev–Trinajstić information content (AvgIpc) is 3.15. The van der Waals surface area contributed by atoms with Gasteiger partial charge >= 0.3 is 7.60 Å². The smallest absolute Gasteiger partial charge is 0.335 e. The second kappa shape index (κ2) is 9.01. The second-order valence-electron chi connectivity index (χ2n) is 7.09. The summed E-state index contributed by atoms with van der Waals surface area (Å²) in [5.41, 5.74) is 6.55. The van der Waals surface area contributed by atoms with Crippen molar-refractivity contribution in [3.63, 3.8) is 0 Å². The number of nitrogens with one attached hydrogen (secondary N) is 1. The molecule has 0 unspecified atom stereocenters. The SMILES string of the molecule is CCOP(=O)(Cc1ccc(-c2[nH]c3ccccc3c2-c2ccccc2)cc1)OCC. The molecule has 1 aromatic heterocycles. The highest BCUT2D eigenvalue weighted by atomic mass is 31.2. The molecule has 5 heteroatoms. The fraction of sp³-hybridized carbons (Fsp3) is 0.200. The number of hydrogen-bond acceptors (Lipinski definition) is 3. The normalized spacial score (nSPS) is 11.8. The first-order valence-electron chi connectivity index (χ1n) is 10.3. The van der Waals surface area contributed by atoms with Gasteiger partial charge in [-0.1, -0.05) is 72.8 Å². The highest BCUT2D eigenvalue weighted by molar-refractivity contribution is 7.53. The minimum absolute atomic E-state index is 0.271. The molecule has 0 atom stereocenters. The van der Waals surface area contributed by atoms with Gasteiger partial charge in [0, 0.05) is 16.5 Å². The van der Waals surface area contributed by atoms with Gasteiger partial charge < -0.3 is 14.0 Å². The summed E-state index contributed by atoms with van der Waals surface area (Å²) in [4.78, 5) is 3.58. The van der Waals surface area contributed by atoms with E-state index < -0.39 is 7.60 Å². The molecule has 1 heterocycles. The third kappa shape index (κ3) is 4.27. The Bertz CT molecular complexity index is 1160. The number of benzene rings is 3. The topological polar surface area (TPSA) is 51.3 Å². The second-order valence-corrected chi connectivity index (χ2v) is 9.14. The van der Waals surface area contributed by atoms with Gasteiger partial charge in [-0.2, -0.15) is 0 Å². The first-order chi connectivity index (χ1) is 14.6. The Hall–Kier alpha value is -2.65. The molecule has 0 spiro atoms. The predicted molar refractivity (Wildman–Crippen MR) is 124 cm³/mol. The van der Waals surface area contributed by atoms with Gasteiger partial charge in [-0.05, 0) is 36.6 Å². The van der Waals surface area contributed by atoms with E-state index in [2.05, 4.69) is 59.6 Å². The van der Waals surface area contributed by atoms with Gasteiger partial charge in [-0.15, -0.1) is 0 Å². The van der Waals surface area contributed by atoms with Crippen LogP contribution in [0.4, 0.5) is 0 Å². The van der Waals surface area contributed by atoms with E-state index in [1.54, 1.807) is 0 Å². The van der Waals surface area contributed by atoms with E-state index in [-0.39, 0.29) is 6.16 Å². The fourth-order valence-electron chi connectivity index (χ4n) is 3.79. The average molecular weight is 419 g/mol. The zero-order chi connectivity index (χ0) is 21.0. The van der Waals surface area contributed by atoms with Crippen LogP contribution < -0.4 is 0 Å². The lowest BCUT2D eigenvalue weighted by Gasteiger charge is -2.17. The molecule has 4 rings (SSSR count). The van der Waals surface area contributed by atoms with Gasteiger partial charge in [0.1, 0.15) is 0 Å². The van der Waals surface area contributed by atoms with Crippen LogP contribution in [-0.4, -0.2) is 18.2 Å². The molecule has 30 heavy (non-hydrogen) atoms. The van der Waals surface area contributed by atoms with Crippen LogP contribution in [0, 0.1) is 0 Å². The number of aromatic amines is 1. The van der Waals surface area contributed by atoms with E-state index >= 15 is 0 Å². The van der Waals surface area contributed by atoms with Gasteiger partial charge in [0.15, 0.2) is 0 Å². The molecule has 0 aliphatic rings. The molecular formula is C25H26NO3P. The molecule has 0 fully saturated rings. The van der Waals surface area contributed by atoms with Crippen molar-refractivity contribution in [2.45, 2.75) is 20.0 Å². The lowest BCUT2D eigenvalue weighted by atomic mass is 9.98. The lowest BCUT2D eigenvalue weighted by Crippen LogP contribution is -1.99. The largest absolute Gasteiger partial charge is 0.354 e. The van der Waals surface area contributed by atoms with Gasteiger partial charge in [-0.25, -0.2) is 0 Å². The van der Waals surface area contributed by atoms with E-state index in [0.29, 0.717) is 13.2 Å². The summed E-state index contributed by atoms with van der Waals surface area (Å²) in [5.74, 6) is 0. The van der Waals surface area contributed by atoms with Crippen LogP contribution in [0.5, 0.6) is 0 Å². The van der Waals surface area contributed by atoms with Crippen LogP contribution in [0.3, 0.4) is 0 Å². The summed E-state index contributed by atoms with van der Waals surface area (Å²) < 4.78 is 23.7. The number of H-pyrrole nitrogens is 1. The predicted octanol–water partition coefficient (Wildman–Crippen LogP) is 7.27. The molecule has 4 aromatic rings. The summed E-state index contributed by atoms with van der Waals surface area (Å²) in [7, 11) is -3.12. The summed E-state index contributed by atoms with van der Waals surface area (Å²) in [6.07, 6.45) is 0.271. The van der Waals surface area contributed by atoms with E-state index in [4.69, 9.17) is 9.05 Å². The summed E-state index contributed by atoms with van der Waals surface area (Å²) in [6, 6.07) is 26.9. The Morgan fingerprint density at radius 1 is 0.767 bits per heavy atom. The molecule has 3 aromatic carbocycles. The van der Waals surface area contributed by atoms with Crippen LogP contribution in [0.1, 0.15) is 19.4 Å². The van der Waals surface area contributed by atoms with Crippen LogP contribution in [0.2, 0.25) is 0 Å². The summed E-state index contributed by atoms with van der Waals surface area (Å²) in [5, 5.41) is 1.19.